The number of urea groups is 1. The molecule has 9 nitrogen and oxygen atoms in total. The summed E-state index contributed by atoms with van der Waals surface area (Å²) in [6.07, 6.45) is 3.13. The van der Waals surface area contributed by atoms with Crippen LogP contribution >= 0.6 is 0 Å². The summed E-state index contributed by atoms with van der Waals surface area (Å²) in [4.78, 5) is 31.5. The van der Waals surface area contributed by atoms with Gasteiger partial charge in [0, 0.05) is 29.7 Å². The summed E-state index contributed by atoms with van der Waals surface area (Å²) >= 11 is 0. The maximum Gasteiger partial charge on any atom is 0.319 e. The van der Waals surface area contributed by atoms with E-state index < -0.39 is 16.1 Å². The number of amides is 2. The number of para-hydroxylation sites is 1. The van der Waals surface area contributed by atoms with Crippen molar-refractivity contribution < 1.29 is 18.0 Å². The molecule has 0 atom stereocenters. The van der Waals surface area contributed by atoms with Gasteiger partial charge < -0.3 is 10.6 Å². The summed E-state index contributed by atoms with van der Waals surface area (Å²) in [6, 6.07) is 25.5. The molecule has 4 N–H and O–H groups in total. The third-order valence-corrected chi connectivity index (χ3v) is 6.55. The van der Waals surface area contributed by atoms with Crippen molar-refractivity contribution in [3.05, 3.63) is 108 Å². The first kappa shape index (κ1) is 25.7. The van der Waals surface area contributed by atoms with Gasteiger partial charge >= 0.3 is 6.03 Å². The molecule has 0 saturated carbocycles. The summed E-state index contributed by atoms with van der Waals surface area (Å²) in [5, 5.41) is 6.30. The van der Waals surface area contributed by atoms with E-state index >= 15 is 0 Å². The van der Waals surface area contributed by atoms with Gasteiger partial charge in [-0.05, 0) is 60.7 Å². The maximum absolute atomic E-state index is 12.5. The lowest BCUT2D eigenvalue weighted by Crippen LogP contribution is -2.42. The van der Waals surface area contributed by atoms with Crippen molar-refractivity contribution in [3.63, 3.8) is 0 Å². The molecule has 0 fully saturated rings. The normalized spacial score (nSPS) is 11.5. The number of hydrazine groups is 1. The molecule has 3 aromatic carbocycles. The van der Waals surface area contributed by atoms with Gasteiger partial charge in [0.2, 0.25) is 0 Å². The summed E-state index contributed by atoms with van der Waals surface area (Å²) in [5.74, 6) is -0.185. The van der Waals surface area contributed by atoms with Gasteiger partial charge in [0.1, 0.15) is 0 Å². The molecule has 37 heavy (non-hydrogen) atoms. The minimum absolute atomic E-state index is 0.135. The summed E-state index contributed by atoms with van der Waals surface area (Å²) < 4.78 is 24.2. The van der Waals surface area contributed by atoms with Crippen LogP contribution in [0, 0.1) is 0 Å². The number of fused-ring (bicyclic) bond motifs is 1. The Morgan fingerprint density at radius 3 is 2.32 bits per heavy atom. The van der Waals surface area contributed by atoms with Crippen LogP contribution in [0.5, 0.6) is 0 Å². The van der Waals surface area contributed by atoms with E-state index in [-0.39, 0.29) is 23.8 Å². The number of benzene rings is 3. The highest BCUT2D eigenvalue weighted by Crippen LogP contribution is 2.14. The van der Waals surface area contributed by atoms with Crippen LogP contribution in [0.2, 0.25) is 0 Å². The van der Waals surface area contributed by atoms with Crippen LogP contribution in [0.25, 0.3) is 17.0 Å². The number of hydrogen-bond acceptors (Lipinski definition) is 6. The van der Waals surface area contributed by atoms with Crippen molar-refractivity contribution in [3.8, 4) is 0 Å². The second kappa shape index (κ2) is 12.0. The topological polar surface area (TPSA) is 129 Å². The number of nitrogens with zero attached hydrogens (tertiary/aromatic N) is 1. The zero-order valence-corrected chi connectivity index (χ0v) is 20.5. The van der Waals surface area contributed by atoms with Gasteiger partial charge in [0.25, 0.3) is 10.0 Å². The Morgan fingerprint density at radius 2 is 1.54 bits per heavy atom. The standard InChI is InChI=1S/C27H25N5O4S/c33-26(17-16-22-13-10-20-6-4-5-9-25(20)30-22)21-11-14-23(15-12-21)31-27(34)28-18-19-29-32-37(35,36)24-7-2-1-3-8-24/h1-17,29,32H,18-19H2,(H2,28,31,34). The minimum atomic E-state index is -3.67. The monoisotopic (exact) mass is 515 g/mol. The largest absolute Gasteiger partial charge is 0.337 e. The molecule has 1 aromatic heterocycles. The molecule has 0 aliphatic heterocycles. The highest BCUT2D eigenvalue weighted by Gasteiger charge is 2.12. The van der Waals surface area contributed by atoms with E-state index in [1.807, 2.05) is 36.4 Å². The van der Waals surface area contributed by atoms with Crippen LogP contribution in [-0.4, -0.2) is 38.3 Å². The van der Waals surface area contributed by atoms with Crippen LogP contribution in [0.3, 0.4) is 0 Å². The molecule has 0 bridgehead atoms. The summed E-state index contributed by atoms with van der Waals surface area (Å²) in [7, 11) is -3.67. The van der Waals surface area contributed by atoms with Crippen molar-refractivity contribution in [1.82, 2.24) is 20.6 Å². The molecular weight excluding hydrogens is 490 g/mol. The lowest BCUT2D eigenvalue weighted by Gasteiger charge is -2.10. The van der Waals surface area contributed by atoms with E-state index in [0.717, 1.165) is 10.9 Å². The van der Waals surface area contributed by atoms with Crippen LogP contribution in [0.15, 0.2) is 102 Å². The van der Waals surface area contributed by atoms with Crippen molar-refractivity contribution in [2.24, 2.45) is 0 Å². The van der Waals surface area contributed by atoms with Gasteiger partial charge in [0.05, 0.1) is 16.1 Å². The van der Waals surface area contributed by atoms with Crippen molar-refractivity contribution in [2.75, 3.05) is 18.4 Å². The number of aromatic nitrogens is 1. The number of carbonyl (C=O) groups is 2. The minimum Gasteiger partial charge on any atom is -0.337 e. The average Bonchev–Trinajstić information content (AvgIpc) is 2.92. The van der Waals surface area contributed by atoms with Crippen LogP contribution in [0.1, 0.15) is 16.1 Å². The summed E-state index contributed by atoms with van der Waals surface area (Å²) in [6.45, 7) is 0.346. The number of nitrogens with one attached hydrogen (secondary N) is 4. The Morgan fingerprint density at radius 1 is 0.811 bits per heavy atom. The van der Waals surface area contributed by atoms with Crippen molar-refractivity contribution in [2.45, 2.75) is 4.90 Å². The van der Waals surface area contributed by atoms with E-state index in [2.05, 4.69) is 25.9 Å². The molecule has 4 aromatic rings. The van der Waals surface area contributed by atoms with Crippen LogP contribution < -0.4 is 20.9 Å². The Hall–Kier alpha value is -4.38. The Bertz CT molecular complexity index is 1520. The molecule has 4 rings (SSSR count). The molecule has 0 unspecified atom stereocenters. The number of allylic oxidation sites excluding steroid dienone is 1. The first-order valence-corrected chi connectivity index (χ1v) is 12.9. The number of hydrogen-bond donors (Lipinski definition) is 4. The molecular formula is C27H25N5O4S. The van der Waals surface area contributed by atoms with E-state index in [4.69, 9.17) is 0 Å². The number of ketones is 1. The second-order valence-corrected chi connectivity index (χ2v) is 9.61. The lowest BCUT2D eigenvalue weighted by molar-refractivity contribution is 0.104. The number of sulfonamides is 1. The zero-order chi connectivity index (χ0) is 26.1. The lowest BCUT2D eigenvalue weighted by atomic mass is 10.1. The Balaban J connectivity index is 1.21. The van der Waals surface area contributed by atoms with E-state index in [1.165, 1.54) is 18.2 Å². The van der Waals surface area contributed by atoms with Crippen molar-refractivity contribution in [1.29, 1.82) is 0 Å². The number of rotatable bonds is 10. The molecule has 10 heteroatoms. The summed E-state index contributed by atoms with van der Waals surface area (Å²) in [5.41, 5.74) is 5.08. The fourth-order valence-electron chi connectivity index (χ4n) is 3.37. The highest BCUT2D eigenvalue weighted by atomic mass is 32.2. The van der Waals surface area contributed by atoms with E-state index in [9.17, 15) is 18.0 Å². The Labute approximate surface area is 214 Å². The van der Waals surface area contributed by atoms with Gasteiger partial charge in [-0.3, -0.25) is 4.79 Å². The highest BCUT2D eigenvalue weighted by molar-refractivity contribution is 7.89. The molecule has 1 heterocycles. The van der Waals surface area contributed by atoms with Gasteiger partial charge in [-0.1, -0.05) is 42.5 Å². The third-order valence-electron chi connectivity index (χ3n) is 5.25. The van der Waals surface area contributed by atoms with E-state index in [1.54, 1.807) is 48.5 Å². The second-order valence-electron chi connectivity index (χ2n) is 7.93. The smallest absolute Gasteiger partial charge is 0.319 e. The van der Waals surface area contributed by atoms with Gasteiger partial charge in [0.15, 0.2) is 5.78 Å². The molecule has 0 aliphatic carbocycles. The number of anilines is 1. The number of pyridine rings is 1. The van der Waals surface area contributed by atoms with Gasteiger partial charge in [-0.2, -0.15) is 0 Å². The van der Waals surface area contributed by atoms with Crippen molar-refractivity contribution >= 4 is 44.5 Å². The predicted molar refractivity (Wildman–Crippen MR) is 143 cm³/mol. The predicted octanol–water partition coefficient (Wildman–Crippen LogP) is 3.74. The molecule has 0 aliphatic rings. The maximum atomic E-state index is 12.5. The molecule has 0 spiro atoms. The molecule has 188 valence electrons. The third kappa shape index (κ3) is 7.31. The first-order chi connectivity index (χ1) is 17.9. The quantitative estimate of drug-likeness (QED) is 0.110. The fourth-order valence-corrected chi connectivity index (χ4v) is 4.29. The van der Waals surface area contributed by atoms with Gasteiger partial charge in [-0.15, -0.1) is 4.83 Å². The van der Waals surface area contributed by atoms with Gasteiger partial charge in [-0.25, -0.2) is 23.6 Å². The Kier molecular flexibility index (Phi) is 8.37. The zero-order valence-electron chi connectivity index (χ0n) is 19.7. The fraction of sp³-hybridized carbons (Fsp3) is 0.0741. The van der Waals surface area contributed by atoms with Crippen LogP contribution in [-0.2, 0) is 10.0 Å². The SMILES string of the molecule is O=C(NCCNNS(=O)(=O)c1ccccc1)Nc1ccc(C(=O)C=Cc2ccc3ccccc3n2)cc1. The van der Waals surface area contributed by atoms with Crippen LogP contribution in [0.4, 0.5) is 10.5 Å². The molecule has 0 radical (unpaired) electrons. The molecule has 2 amide bonds. The molecule has 0 saturated heterocycles. The number of carbonyl (C=O) groups excluding carboxylic acids is 2. The average molecular weight is 516 g/mol. The van der Waals surface area contributed by atoms with E-state index in [0.29, 0.717) is 16.9 Å². The first-order valence-electron chi connectivity index (χ1n) is 11.4.